The SMILES string of the molecule is CCOC(=O)N1CCN(S(=O)(=O)c2cc(C)c(Cl)cc2Cl)CC1. The first kappa shape index (κ1) is 18.3. The van der Waals surface area contributed by atoms with Gasteiger partial charge in [0, 0.05) is 31.2 Å². The minimum atomic E-state index is -3.73. The van der Waals surface area contributed by atoms with E-state index < -0.39 is 16.1 Å². The molecule has 1 amide bonds. The van der Waals surface area contributed by atoms with Crippen molar-refractivity contribution in [1.29, 1.82) is 0 Å². The number of sulfonamides is 1. The van der Waals surface area contributed by atoms with Crippen LogP contribution in [0.3, 0.4) is 0 Å². The van der Waals surface area contributed by atoms with Crippen molar-refractivity contribution in [3.05, 3.63) is 27.7 Å². The molecular weight excluding hydrogens is 363 g/mol. The van der Waals surface area contributed by atoms with Gasteiger partial charge in [0.25, 0.3) is 0 Å². The Kier molecular flexibility index (Phi) is 5.78. The molecule has 0 saturated carbocycles. The highest BCUT2D eigenvalue weighted by Gasteiger charge is 2.32. The van der Waals surface area contributed by atoms with E-state index in [4.69, 9.17) is 27.9 Å². The molecule has 1 saturated heterocycles. The van der Waals surface area contributed by atoms with Gasteiger partial charge in [-0.05, 0) is 31.5 Å². The van der Waals surface area contributed by atoms with Gasteiger partial charge < -0.3 is 9.64 Å². The second-order valence-electron chi connectivity index (χ2n) is 5.12. The summed E-state index contributed by atoms with van der Waals surface area (Å²) in [5.74, 6) is 0. The quantitative estimate of drug-likeness (QED) is 0.808. The van der Waals surface area contributed by atoms with Gasteiger partial charge in [-0.15, -0.1) is 0 Å². The maximum absolute atomic E-state index is 12.7. The zero-order valence-corrected chi connectivity index (χ0v) is 15.2. The molecule has 0 spiro atoms. The highest BCUT2D eigenvalue weighted by molar-refractivity contribution is 7.89. The van der Waals surface area contributed by atoms with E-state index in [1.807, 2.05) is 0 Å². The predicted molar refractivity (Wildman–Crippen MR) is 88.6 cm³/mol. The summed E-state index contributed by atoms with van der Waals surface area (Å²) in [6.45, 7) is 4.68. The van der Waals surface area contributed by atoms with Crippen molar-refractivity contribution in [3.8, 4) is 0 Å². The molecule has 1 fully saturated rings. The number of carbonyl (C=O) groups is 1. The molecule has 1 aliphatic heterocycles. The van der Waals surface area contributed by atoms with Crippen LogP contribution in [-0.2, 0) is 14.8 Å². The van der Waals surface area contributed by atoms with E-state index >= 15 is 0 Å². The molecule has 0 bridgehead atoms. The van der Waals surface area contributed by atoms with Gasteiger partial charge in [0.05, 0.1) is 11.6 Å². The first-order chi connectivity index (χ1) is 10.8. The van der Waals surface area contributed by atoms with Crippen LogP contribution in [0.4, 0.5) is 4.79 Å². The van der Waals surface area contributed by atoms with Crippen LogP contribution < -0.4 is 0 Å². The van der Waals surface area contributed by atoms with E-state index in [2.05, 4.69) is 0 Å². The first-order valence-electron chi connectivity index (χ1n) is 7.15. The van der Waals surface area contributed by atoms with Crippen molar-refractivity contribution < 1.29 is 17.9 Å². The number of aryl methyl sites for hydroxylation is 1. The van der Waals surface area contributed by atoms with E-state index in [0.29, 0.717) is 10.6 Å². The van der Waals surface area contributed by atoms with Crippen LogP contribution >= 0.6 is 23.2 Å². The summed E-state index contributed by atoms with van der Waals surface area (Å²) < 4.78 is 31.7. The summed E-state index contributed by atoms with van der Waals surface area (Å²) in [7, 11) is -3.73. The second-order valence-corrected chi connectivity index (χ2v) is 7.84. The molecule has 1 heterocycles. The summed E-state index contributed by atoms with van der Waals surface area (Å²) in [6, 6.07) is 2.90. The average Bonchev–Trinajstić information content (AvgIpc) is 2.51. The van der Waals surface area contributed by atoms with Gasteiger partial charge in [0.1, 0.15) is 4.90 Å². The molecule has 0 unspecified atom stereocenters. The normalized spacial score (nSPS) is 16.4. The third-order valence-corrected chi connectivity index (χ3v) is 6.37. The maximum Gasteiger partial charge on any atom is 0.409 e. The molecule has 1 aromatic carbocycles. The number of benzene rings is 1. The van der Waals surface area contributed by atoms with Crippen LogP contribution in [0.1, 0.15) is 12.5 Å². The zero-order chi connectivity index (χ0) is 17.2. The lowest BCUT2D eigenvalue weighted by atomic mass is 10.2. The monoisotopic (exact) mass is 380 g/mol. The van der Waals surface area contributed by atoms with Gasteiger partial charge in [-0.2, -0.15) is 4.31 Å². The van der Waals surface area contributed by atoms with Crippen LogP contribution in [0.15, 0.2) is 17.0 Å². The summed E-state index contributed by atoms with van der Waals surface area (Å²) >= 11 is 12.0. The molecule has 0 aromatic heterocycles. The van der Waals surface area contributed by atoms with Gasteiger partial charge >= 0.3 is 6.09 Å². The van der Waals surface area contributed by atoms with Gasteiger partial charge in [0.15, 0.2) is 0 Å². The molecule has 1 aliphatic rings. The molecule has 0 radical (unpaired) electrons. The van der Waals surface area contributed by atoms with Crippen LogP contribution in [0.5, 0.6) is 0 Å². The second kappa shape index (κ2) is 7.25. The Labute approximate surface area is 146 Å². The smallest absolute Gasteiger partial charge is 0.409 e. The Morgan fingerprint density at radius 1 is 1.17 bits per heavy atom. The van der Waals surface area contributed by atoms with Crippen LogP contribution in [0.2, 0.25) is 10.0 Å². The summed E-state index contributed by atoms with van der Waals surface area (Å²) in [6.07, 6.45) is -0.426. The number of rotatable bonds is 3. The minimum Gasteiger partial charge on any atom is -0.450 e. The van der Waals surface area contributed by atoms with Crippen LogP contribution in [0, 0.1) is 6.92 Å². The fraction of sp³-hybridized carbons (Fsp3) is 0.500. The third kappa shape index (κ3) is 3.91. The lowest BCUT2D eigenvalue weighted by Gasteiger charge is -2.33. The van der Waals surface area contributed by atoms with E-state index in [1.165, 1.54) is 21.3 Å². The van der Waals surface area contributed by atoms with E-state index in [1.54, 1.807) is 13.8 Å². The average molecular weight is 381 g/mol. The molecule has 0 aliphatic carbocycles. The number of hydrogen-bond acceptors (Lipinski definition) is 4. The molecule has 1 aromatic rings. The summed E-state index contributed by atoms with van der Waals surface area (Å²) in [4.78, 5) is 13.2. The van der Waals surface area contributed by atoms with Crippen molar-refractivity contribution in [2.45, 2.75) is 18.7 Å². The fourth-order valence-corrected chi connectivity index (χ4v) is 4.52. The van der Waals surface area contributed by atoms with Crippen molar-refractivity contribution in [2.24, 2.45) is 0 Å². The highest BCUT2D eigenvalue weighted by atomic mass is 35.5. The number of carbonyl (C=O) groups excluding carboxylic acids is 1. The highest BCUT2D eigenvalue weighted by Crippen LogP contribution is 2.30. The standard InChI is InChI=1S/C14H18Cl2N2O4S/c1-3-22-14(19)17-4-6-18(7-5-17)23(20,21)13-8-10(2)11(15)9-12(13)16/h8-9H,3-7H2,1-2H3. The number of piperazine rings is 1. The maximum atomic E-state index is 12.7. The van der Waals surface area contributed by atoms with Crippen molar-refractivity contribution >= 4 is 39.3 Å². The van der Waals surface area contributed by atoms with Gasteiger partial charge in [-0.25, -0.2) is 13.2 Å². The van der Waals surface area contributed by atoms with Crippen molar-refractivity contribution in [1.82, 2.24) is 9.21 Å². The molecule has 0 atom stereocenters. The topological polar surface area (TPSA) is 66.9 Å². The van der Waals surface area contributed by atoms with E-state index in [9.17, 15) is 13.2 Å². The number of hydrogen-bond donors (Lipinski definition) is 0. The molecule has 128 valence electrons. The molecule has 0 N–H and O–H groups in total. The first-order valence-corrected chi connectivity index (χ1v) is 9.34. The largest absolute Gasteiger partial charge is 0.450 e. The molecule has 6 nitrogen and oxygen atoms in total. The lowest BCUT2D eigenvalue weighted by Crippen LogP contribution is -2.50. The van der Waals surface area contributed by atoms with E-state index in [0.717, 1.165) is 0 Å². The lowest BCUT2D eigenvalue weighted by molar-refractivity contribution is 0.0934. The predicted octanol–water partition coefficient (Wildman–Crippen LogP) is 2.76. The van der Waals surface area contributed by atoms with Gasteiger partial charge in [-0.3, -0.25) is 0 Å². The zero-order valence-electron chi connectivity index (χ0n) is 12.9. The fourth-order valence-electron chi connectivity index (χ4n) is 2.29. The Morgan fingerprint density at radius 2 is 1.78 bits per heavy atom. The Morgan fingerprint density at radius 3 is 2.35 bits per heavy atom. The number of halogens is 2. The Bertz CT molecular complexity index is 701. The molecule has 9 heteroatoms. The third-order valence-electron chi connectivity index (χ3n) is 3.60. The molecule has 2 rings (SSSR count). The number of amides is 1. The number of nitrogens with zero attached hydrogens (tertiary/aromatic N) is 2. The molecular formula is C14H18Cl2N2O4S. The summed E-state index contributed by atoms with van der Waals surface area (Å²) in [5, 5.41) is 0.509. The van der Waals surface area contributed by atoms with Crippen LogP contribution in [0.25, 0.3) is 0 Å². The van der Waals surface area contributed by atoms with Crippen molar-refractivity contribution in [2.75, 3.05) is 32.8 Å². The van der Waals surface area contributed by atoms with E-state index in [-0.39, 0.29) is 42.7 Å². The molecule has 23 heavy (non-hydrogen) atoms. The van der Waals surface area contributed by atoms with Gasteiger partial charge in [-0.1, -0.05) is 23.2 Å². The summed E-state index contributed by atoms with van der Waals surface area (Å²) in [5.41, 5.74) is 0.639. The van der Waals surface area contributed by atoms with Crippen LogP contribution in [-0.4, -0.2) is 56.5 Å². The minimum absolute atomic E-state index is 0.0330. The Hall–Kier alpha value is -1.02. The number of ether oxygens (including phenoxy) is 1. The van der Waals surface area contributed by atoms with Crippen molar-refractivity contribution in [3.63, 3.8) is 0 Å². The van der Waals surface area contributed by atoms with Gasteiger partial charge in [0.2, 0.25) is 10.0 Å². The Balaban J connectivity index is 2.17.